The van der Waals surface area contributed by atoms with Crippen molar-refractivity contribution >= 4 is 39.2 Å². The fraction of sp³-hybridized carbons (Fsp3) is 0.105. The Morgan fingerprint density at radius 1 is 0.742 bits per heavy atom. The van der Waals surface area contributed by atoms with E-state index in [-0.39, 0.29) is 68.3 Å². The maximum Gasteiger partial charge on any atom is 0.177 e. The first-order valence-electron chi connectivity index (χ1n) is 8.28. The van der Waals surface area contributed by atoms with E-state index in [1.165, 1.54) is 7.05 Å². The van der Waals surface area contributed by atoms with Crippen LogP contribution in [-0.2, 0) is 0 Å². The molecule has 0 fully saturated rings. The molecule has 0 spiro atoms. The van der Waals surface area contributed by atoms with E-state index in [0.717, 1.165) is 0 Å². The third-order valence-electron chi connectivity index (χ3n) is 4.01. The topological polar surface area (TPSA) is 219 Å². The van der Waals surface area contributed by atoms with Crippen LogP contribution >= 0.6 is 0 Å². The quantitative estimate of drug-likeness (QED) is 0.489. The lowest BCUT2D eigenvalue weighted by molar-refractivity contribution is 1.17. The SMILES string of the molecule is CNc1c(/N=C(/C#N)CC#N)c2nc(C#N)c(C#N)nc2c2nc(C#N)c(C#N)nc12. The zero-order valence-corrected chi connectivity index (χ0v) is 15.6. The first-order valence-corrected chi connectivity index (χ1v) is 8.28. The number of benzene rings is 1. The molecule has 1 aromatic carbocycles. The molecule has 0 aliphatic heterocycles. The maximum atomic E-state index is 9.34. The molecule has 12 nitrogen and oxygen atoms in total. The first-order chi connectivity index (χ1) is 15.1. The number of anilines is 1. The van der Waals surface area contributed by atoms with E-state index in [1.54, 1.807) is 24.3 Å². The van der Waals surface area contributed by atoms with Crippen LogP contribution in [0.25, 0.3) is 22.1 Å². The minimum atomic E-state index is -0.295. The summed E-state index contributed by atoms with van der Waals surface area (Å²) in [5.74, 6) is 0. The van der Waals surface area contributed by atoms with Gasteiger partial charge in [-0.1, -0.05) is 0 Å². The highest BCUT2D eigenvalue weighted by atomic mass is 15.0. The number of nitrogens with zero attached hydrogens (tertiary/aromatic N) is 11. The lowest BCUT2D eigenvalue weighted by atomic mass is 10.1. The zero-order chi connectivity index (χ0) is 22.5. The van der Waals surface area contributed by atoms with Crippen molar-refractivity contribution in [3.8, 4) is 36.4 Å². The van der Waals surface area contributed by atoms with Crippen molar-refractivity contribution < 1.29 is 0 Å². The Hall–Kier alpha value is -5.69. The molecule has 3 aromatic rings. The minimum Gasteiger partial charge on any atom is -0.384 e. The number of nitriles is 6. The second-order valence-corrected chi connectivity index (χ2v) is 5.66. The van der Waals surface area contributed by atoms with Gasteiger partial charge in [0.05, 0.1) is 18.2 Å². The summed E-state index contributed by atoms with van der Waals surface area (Å²) in [5.41, 5.74) is -0.903. The van der Waals surface area contributed by atoms with E-state index in [1.807, 2.05) is 12.1 Å². The van der Waals surface area contributed by atoms with Crippen molar-refractivity contribution in [3.05, 3.63) is 22.8 Å². The lowest BCUT2D eigenvalue weighted by Gasteiger charge is -2.13. The molecule has 1 N–H and O–H groups in total. The van der Waals surface area contributed by atoms with Gasteiger partial charge in [-0.05, 0) is 0 Å². The van der Waals surface area contributed by atoms with E-state index < -0.39 is 0 Å². The Balaban J connectivity index is 2.69. The second-order valence-electron chi connectivity index (χ2n) is 5.66. The van der Waals surface area contributed by atoms with Crippen LogP contribution in [0.2, 0.25) is 0 Å². The van der Waals surface area contributed by atoms with Gasteiger partial charge in [0.15, 0.2) is 22.8 Å². The van der Waals surface area contributed by atoms with Crippen LogP contribution in [0.4, 0.5) is 11.4 Å². The van der Waals surface area contributed by atoms with Crippen molar-refractivity contribution in [2.45, 2.75) is 6.42 Å². The number of nitrogens with one attached hydrogen (secondary N) is 1. The largest absolute Gasteiger partial charge is 0.384 e. The van der Waals surface area contributed by atoms with Crippen molar-refractivity contribution in [3.63, 3.8) is 0 Å². The molecule has 0 amide bonds. The molecule has 0 aliphatic rings. The van der Waals surface area contributed by atoms with Crippen molar-refractivity contribution in [1.29, 1.82) is 31.6 Å². The smallest absolute Gasteiger partial charge is 0.177 e. The molecule has 0 atom stereocenters. The van der Waals surface area contributed by atoms with Gasteiger partial charge in [0, 0.05) is 7.05 Å². The second kappa shape index (κ2) is 8.13. The molecule has 0 unspecified atom stereocenters. The Morgan fingerprint density at radius 3 is 1.61 bits per heavy atom. The highest BCUT2D eigenvalue weighted by Gasteiger charge is 2.23. The van der Waals surface area contributed by atoms with Crippen molar-refractivity contribution in [1.82, 2.24) is 19.9 Å². The number of hydrogen-bond donors (Lipinski definition) is 1. The molecule has 3 rings (SSSR count). The molecular weight excluding hydrogens is 396 g/mol. The third kappa shape index (κ3) is 3.22. The van der Waals surface area contributed by atoms with Crippen LogP contribution in [0.5, 0.6) is 0 Å². The van der Waals surface area contributed by atoms with Gasteiger partial charge in [-0.15, -0.1) is 0 Å². The van der Waals surface area contributed by atoms with Gasteiger partial charge in [-0.2, -0.15) is 31.6 Å². The molecule has 12 heteroatoms. The van der Waals surface area contributed by atoms with Gasteiger partial charge in [-0.3, -0.25) is 0 Å². The number of aliphatic imine (C=N–C) groups is 1. The summed E-state index contributed by atoms with van der Waals surface area (Å²) in [6, 6.07) is 10.7. The van der Waals surface area contributed by atoms with Gasteiger partial charge < -0.3 is 5.32 Å². The fourth-order valence-electron chi connectivity index (χ4n) is 2.74. The first kappa shape index (κ1) is 20.1. The molecule has 142 valence electrons. The van der Waals surface area contributed by atoms with Crippen LogP contribution < -0.4 is 5.32 Å². The number of hydrogen-bond acceptors (Lipinski definition) is 12. The molecule has 31 heavy (non-hydrogen) atoms. The van der Waals surface area contributed by atoms with E-state index in [2.05, 4.69) is 30.2 Å². The Labute approximate surface area is 174 Å². The van der Waals surface area contributed by atoms with Gasteiger partial charge in [0.1, 0.15) is 63.8 Å². The Bertz CT molecular complexity index is 1560. The number of rotatable bonds is 3. The molecule has 2 aromatic heterocycles. The molecule has 0 saturated carbocycles. The molecule has 0 radical (unpaired) electrons. The average Bonchev–Trinajstić information content (AvgIpc) is 2.81. The van der Waals surface area contributed by atoms with Crippen LogP contribution in [0.3, 0.4) is 0 Å². The number of fused-ring (bicyclic) bond motifs is 3. The zero-order valence-electron chi connectivity index (χ0n) is 15.6. The standard InChI is InChI=1S/C19H6N12/c1-26-14-15(27-9(4-21)2-3-20)17-19(31-13(8-25)12(7-24)29-17)18-16(14)28-10(5-22)11(6-23)30-18/h26H,2H2,1H3/b27-9+. The maximum absolute atomic E-state index is 9.34. The third-order valence-corrected chi connectivity index (χ3v) is 4.01. The summed E-state index contributed by atoms with van der Waals surface area (Å²) >= 11 is 0. The normalized spacial score (nSPS) is 10.2. The summed E-state index contributed by atoms with van der Waals surface area (Å²) in [5, 5.41) is 58.4. The summed E-state index contributed by atoms with van der Waals surface area (Å²) in [4.78, 5) is 20.9. The van der Waals surface area contributed by atoms with Gasteiger partial charge >= 0.3 is 0 Å². The predicted octanol–water partition coefficient (Wildman–Crippen LogP) is 1.61. The summed E-state index contributed by atoms with van der Waals surface area (Å²) < 4.78 is 0. The van der Waals surface area contributed by atoms with E-state index in [4.69, 9.17) is 5.26 Å². The highest BCUT2D eigenvalue weighted by molar-refractivity contribution is 6.16. The summed E-state index contributed by atoms with van der Waals surface area (Å²) in [6.45, 7) is 0. The van der Waals surface area contributed by atoms with Crippen molar-refractivity contribution in [2.24, 2.45) is 4.99 Å². The van der Waals surface area contributed by atoms with Crippen LogP contribution in [-0.4, -0.2) is 32.7 Å². The predicted molar refractivity (Wildman–Crippen MR) is 104 cm³/mol. The van der Waals surface area contributed by atoms with E-state index in [0.29, 0.717) is 0 Å². The van der Waals surface area contributed by atoms with E-state index >= 15 is 0 Å². The summed E-state index contributed by atoms with van der Waals surface area (Å²) in [7, 11) is 1.52. The Morgan fingerprint density at radius 2 is 1.19 bits per heavy atom. The Kier molecular flexibility index (Phi) is 5.26. The van der Waals surface area contributed by atoms with Gasteiger partial charge in [-0.25, -0.2) is 24.9 Å². The molecule has 0 saturated heterocycles. The highest BCUT2D eigenvalue weighted by Crippen LogP contribution is 2.39. The fourth-order valence-corrected chi connectivity index (χ4v) is 2.74. The van der Waals surface area contributed by atoms with Crippen LogP contribution in [0.1, 0.15) is 29.2 Å². The van der Waals surface area contributed by atoms with E-state index in [9.17, 15) is 26.3 Å². The van der Waals surface area contributed by atoms with Crippen LogP contribution in [0.15, 0.2) is 4.99 Å². The minimum absolute atomic E-state index is 0.000914. The van der Waals surface area contributed by atoms with Gasteiger partial charge in [0.2, 0.25) is 0 Å². The molecule has 0 aliphatic carbocycles. The average molecular weight is 402 g/mol. The van der Waals surface area contributed by atoms with Crippen LogP contribution in [0, 0.1) is 68.0 Å². The van der Waals surface area contributed by atoms with Gasteiger partial charge in [0.25, 0.3) is 0 Å². The van der Waals surface area contributed by atoms with Crippen molar-refractivity contribution in [2.75, 3.05) is 12.4 Å². The monoisotopic (exact) mass is 402 g/mol. The number of aromatic nitrogens is 4. The molecule has 2 heterocycles. The summed E-state index contributed by atoms with van der Waals surface area (Å²) in [6.07, 6.45) is -0.295. The molecular formula is C19H6N12. The lowest BCUT2D eigenvalue weighted by Crippen LogP contribution is -2.05. The molecule has 0 bridgehead atoms.